The number of benzene rings is 3. The van der Waals surface area contributed by atoms with Crippen molar-refractivity contribution < 1.29 is 13.2 Å². The van der Waals surface area contributed by atoms with Crippen molar-refractivity contribution >= 4 is 43.0 Å². The second-order valence-corrected chi connectivity index (χ2v) is 10.2. The van der Waals surface area contributed by atoms with E-state index in [2.05, 4.69) is 23.3 Å². The molecule has 30 heavy (non-hydrogen) atoms. The van der Waals surface area contributed by atoms with Crippen molar-refractivity contribution in [3.8, 4) is 10.6 Å². The van der Waals surface area contributed by atoms with Crippen molar-refractivity contribution in [2.75, 3.05) is 11.1 Å². The first kappa shape index (κ1) is 20.3. The van der Waals surface area contributed by atoms with Crippen LogP contribution in [0.3, 0.4) is 0 Å². The largest absolute Gasteiger partial charge is 0.325 e. The van der Waals surface area contributed by atoms with Gasteiger partial charge in [0.05, 0.1) is 15.1 Å². The fourth-order valence-corrected chi connectivity index (χ4v) is 5.25. The van der Waals surface area contributed by atoms with Crippen LogP contribution in [0.25, 0.3) is 20.8 Å². The van der Waals surface area contributed by atoms with E-state index < -0.39 is 21.5 Å². The summed E-state index contributed by atoms with van der Waals surface area (Å²) in [4.78, 5) is 17.1. The number of nitrogens with one attached hydrogen (secondary N) is 1. The third-order valence-electron chi connectivity index (χ3n) is 4.66. The standard InChI is InChI=1S/C23H20N2O3S2/c1-15-3-10-19(11-4-15)30(27,28)14-22(26)24-18-8-6-17(7-9-18)23-25-20-12-5-16(2)13-21(20)29-23/h3-13H,14H2,1-2H3,(H,24,26). The molecule has 152 valence electrons. The van der Waals surface area contributed by atoms with E-state index in [1.165, 1.54) is 17.7 Å². The van der Waals surface area contributed by atoms with Crippen molar-refractivity contribution in [1.29, 1.82) is 0 Å². The van der Waals surface area contributed by atoms with Crippen molar-refractivity contribution in [2.24, 2.45) is 0 Å². The Kier molecular flexibility index (Phi) is 5.40. The van der Waals surface area contributed by atoms with Gasteiger partial charge in [0, 0.05) is 11.3 Å². The number of anilines is 1. The maximum atomic E-state index is 12.4. The maximum Gasteiger partial charge on any atom is 0.239 e. The van der Waals surface area contributed by atoms with Gasteiger partial charge in [0.25, 0.3) is 0 Å². The summed E-state index contributed by atoms with van der Waals surface area (Å²) in [7, 11) is -3.69. The lowest BCUT2D eigenvalue weighted by molar-refractivity contribution is -0.113. The molecule has 0 atom stereocenters. The van der Waals surface area contributed by atoms with E-state index in [1.807, 2.05) is 31.2 Å². The highest BCUT2D eigenvalue weighted by molar-refractivity contribution is 7.92. The van der Waals surface area contributed by atoms with Crippen LogP contribution in [0.2, 0.25) is 0 Å². The lowest BCUT2D eigenvalue weighted by Crippen LogP contribution is -2.23. The molecule has 0 saturated carbocycles. The molecule has 0 aliphatic rings. The summed E-state index contributed by atoms with van der Waals surface area (Å²) in [6.45, 7) is 3.93. The molecule has 1 amide bonds. The number of amides is 1. The summed E-state index contributed by atoms with van der Waals surface area (Å²) in [5.41, 5.74) is 4.59. The summed E-state index contributed by atoms with van der Waals surface area (Å²) in [5, 5.41) is 3.56. The van der Waals surface area contributed by atoms with Gasteiger partial charge in [-0.15, -0.1) is 11.3 Å². The van der Waals surface area contributed by atoms with Crippen LogP contribution < -0.4 is 5.32 Å². The average molecular weight is 437 g/mol. The molecule has 5 nitrogen and oxygen atoms in total. The zero-order valence-corrected chi connectivity index (χ0v) is 18.2. The van der Waals surface area contributed by atoms with Crippen molar-refractivity contribution in [3.05, 3.63) is 77.9 Å². The van der Waals surface area contributed by atoms with E-state index in [0.29, 0.717) is 5.69 Å². The van der Waals surface area contributed by atoms with Gasteiger partial charge in [-0.1, -0.05) is 23.8 Å². The number of carbonyl (C=O) groups is 1. The molecular formula is C23H20N2O3S2. The maximum absolute atomic E-state index is 12.4. The first-order chi connectivity index (χ1) is 14.3. The molecule has 3 aromatic carbocycles. The number of hydrogen-bond donors (Lipinski definition) is 1. The molecule has 7 heteroatoms. The van der Waals surface area contributed by atoms with Gasteiger partial charge >= 0.3 is 0 Å². The van der Waals surface area contributed by atoms with Crippen LogP contribution in [-0.2, 0) is 14.6 Å². The molecule has 1 heterocycles. The Morgan fingerprint density at radius 2 is 1.60 bits per heavy atom. The van der Waals surface area contributed by atoms with Crippen molar-refractivity contribution in [3.63, 3.8) is 0 Å². The van der Waals surface area contributed by atoms with Crippen LogP contribution in [-0.4, -0.2) is 25.1 Å². The number of carbonyl (C=O) groups excluding carboxylic acids is 1. The Morgan fingerprint density at radius 1 is 0.933 bits per heavy atom. The number of aryl methyl sites for hydroxylation is 2. The predicted octanol–water partition coefficient (Wildman–Crippen LogP) is 4.99. The highest BCUT2D eigenvalue weighted by Gasteiger charge is 2.19. The molecule has 0 spiro atoms. The smallest absolute Gasteiger partial charge is 0.239 e. The molecule has 0 unspecified atom stereocenters. The molecule has 4 aromatic rings. The topological polar surface area (TPSA) is 76.1 Å². The zero-order valence-electron chi connectivity index (χ0n) is 16.5. The van der Waals surface area contributed by atoms with Gasteiger partial charge in [0.15, 0.2) is 9.84 Å². The van der Waals surface area contributed by atoms with Crippen LogP contribution in [0.4, 0.5) is 5.69 Å². The number of nitrogens with zero attached hydrogens (tertiary/aromatic N) is 1. The summed E-state index contributed by atoms with van der Waals surface area (Å²) >= 11 is 1.61. The molecule has 0 fully saturated rings. The van der Waals surface area contributed by atoms with E-state index in [1.54, 1.807) is 35.6 Å². The molecular weight excluding hydrogens is 416 g/mol. The Labute approximate surface area is 179 Å². The summed E-state index contributed by atoms with van der Waals surface area (Å²) in [5.74, 6) is -1.17. The van der Waals surface area contributed by atoms with Crippen LogP contribution in [0.1, 0.15) is 11.1 Å². The van der Waals surface area contributed by atoms with Crippen molar-refractivity contribution in [1.82, 2.24) is 4.98 Å². The van der Waals surface area contributed by atoms with Gasteiger partial charge in [-0.3, -0.25) is 4.79 Å². The molecule has 4 rings (SSSR count). The minimum atomic E-state index is -3.69. The number of thiazole rings is 1. The van der Waals surface area contributed by atoms with Crippen LogP contribution in [0, 0.1) is 13.8 Å². The molecule has 0 aliphatic carbocycles. The van der Waals surface area contributed by atoms with E-state index in [4.69, 9.17) is 0 Å². The van der Waals surface area contributed by atoms with Crippen LogP contribution in [0.5, 0.6) is 0 Å². The van der Waals surface area contributed by atoms with Gasteiger partial charge in [-0.25, -0.2) is 13.4 Å². The third kappa shape index (κ3) is 4.42. The van der Waals surface area contributed by atoms with Gasteiger partial charge in [-0.2, -0.15) is 0 Å². The Bertz CT molecular complexity index is 1320. The third-order valence-corrected chi connectivity index (χ3v) is 7.36. The molecule has 0 bridgehead atoms. The lowest BCUT2D eigenvalue weighted by Gasteiger charge is -2.07. The Hall–Kier alpha value is -3.03. The van der Waals surface area contributed by atoms with Crippen LogP contribution >= 0.6 is 11.3 Å². The SMILES string of the molecule is Cc1ccc(S(=O)(=O)CC(=O)Nc2ccc(-c3nc4ccc(C)cc4s3)cc2)cc1. The summed E-state index contributed by atoms with van der Waals surface area (Å²) in [6.07, 6.45) is 0. The van der Waals surface area contributed by atoms with Gasteiger partial charge in [0.2, 0.25) is 5.91 Å². The average Bonchev–Trinajstić information content (AvgIpc) is 3.11. The second kappa shape index (κ2) is 8.01. The number of rotatable bonds is 5. The van der Waals surface area contributed by atoms with E-state index in [9.17, 15) is 13.2 Å². The lowest BCUT2D eigenvalue weighted by atomic mass is 10.2. The Balaban J connectivity index is 1.46. The molecule has 1 aromatic heterocycles. The van der Waals surface area contributed by atoms with Gasteiger partial charge in [-0.05, 0) is 67.9 Å². The highest BCUT2D eigenvalue weighted by Crippen LogP contribution is 2.31. The van der Waals surface area contributed by atoms with Crippen LogP contribution in [0.15, 0.2) is 71.6 Å². The van der Waals surface area contributed by atoms with E-state index >= 15 is 0 Å². The first-order valence-corrected chi connectivity index (χ1v) is 11.8. The molecule has 0 radical (unpaired) electrons. The first-order valence-electron chi connectivity index (χ1n) is 9.37. The fraction of sp³-hybridized carbons (Fsp3) is 0.130. The minimum absolute atomic E-state index is 0.143. The summed E-state index contributed by atoms with van der Waals surface area (Å²) < 4.78 is 26.0. The quantitative estimate of drug-likeness (QED) is 0.478. The minimum Gasteiger partial charge on any atom is -0.325 e. The van der Waals surface area contributed by atoms with Gasteiger partial charge in [0.1, 0.15) is 10.8 Å². The van der Waals surface area contributed by atoms with Crippen molar-refractivity contribution in [2.45, 2.75) is 18.7 Å². The highest BCUT2D eigenvalue weighted by atomic mass is 32.2. The molecule has 0 aliphatic heterocycles. The zero-order chi connectivity index (χ0) is 21.3. The second-order valence-electron chi connectivity index (χ2n) is 7.19. The fourth-order valence-electron chi connectivity index (χ4n) is 3.05. The number of hydrogen-bond acceptors (Lipinski definition) is 5. The monoisotopic (exact) mass is 436 g/mol. The summed E-state index contributed by atoms with van der Waals surface area (Å²) in [6, 6.07) is 19.9. The predicted molar refractivity (Wildman–Crippen MR) is 122 cm³/mol. The Morgan fingerprint density at radius 3 is 2.30 bits per heavy atom. The molecule has 1 N–H and O–H groups in total. The van der Waals surface area contributed by atoms with Gasteiger partial charge < -0.3 is 5.32 Å². The number of fused-ring (bicyclic) bond motifs is 1. The number of aromatic nitrogens is 1. The number of sulfone groups is 1. The van der Waals surface area contributed by atoms with E-state index in [-0.39, 0.29) is 4.90 Å². The molecule has 0 saturated heterocycles. The normalized spacial score (nSPS) is 11.5. The van der Waals surface area contributed by atoms with E-state index in [0.717, 1.165) is 26.4 Å².